The molecule has 0 aliphatic rings. The molecule has 0 spiro atoms. The standard InChI is InChI=1S/C11H11FN4O2S/c1-13-9-3-2-6-14-11(9)19(17,18)16-10-5-4-8(12)7-15-10/h2-7,13H,1H3,(H,15,16). The van der Waals surface area contributed by atoms with Crippen molar-refractivity contribution in [2.45, 2.75) is 5.03 Å². The van der Waals surface area contributed by atoms with Crippen LogP contribution in [0.4, 0.5) is 15.9 Å². The van der Waals surface area contributed by atoms with Crippen LogP contribution >= 0.6 is 0 Å². The Morgan fingerprint density at radius 3 is 2.63 bits per heavy atom. The molecule has 2 N–H and O–H groups in total. The van der Waals surface area contributed by atoms with Crippen LogP contribution < -0.4 is 10.0 Å². The monoisotopic (exact) mass is 282 g/mol. The summed E-state index contributed by atoms with van der Waals surface area (Å²) < 4.78 is 39.2. The molecule has 0 aliphatic heterocycles. The second-order valence-corrected chi connectivity index (χ2v) is 5.17. The van der Waals surface area contributed by atoms with Gasteiger partial charge >= 0.3 is 0 Å². The SMILES string of the molecule is CNc1cccnc1S(=O)(=O)Nc1ccc(F)cn1. The first-order valence-electron chi connectivity index (χ1n) is 5.30. The van der Waals surface area contributed by atoms with Gasteiger partial charge in [-0.05, 0) is 24.3 Å². The summed E-state index contributed by atoms with van der Waals surface area (Å²) in [4.78, 5) is 7.45. The summed E-state index contributed by atoms with van der Waals surface area (Å²) in [6, 6.07) is 5.54. The van der Waals surface area contributed by atoms with E-state index in [1.54, 1.807) is 19.2 Å². The Bertz CT molecular complexity index is 673. The van der Waals surface area contributed by atoms with Gasteiger partial charge in [0.1, 0.15) is 11.6 Å². The fraction of sp³-hybridized carbons (Fsp3) is 0.0909. The van der Waals surface area contributed by atoms with Gasteiger partial charge in [0.25, 0.3) is 10.0 Å². The van der Waals surface area contributed by atoms with Gasteiger partial charge in [0.2, 0.25) is 0 Å². The lowest BCUT2D eigenvalue weighted by atomic mass is 10.4. The first-order valence-corrected chi connectivity index (χ1v) is 6.78. The molecule has 0 radical (unpaired) electrons. The summed E-state index contributed by atoms with van der Waals surface area (Å²) in [6.07, 6.45) is 2.29. The van der Waals surface area contributed by atoms with Crippen LogP contribution in [-0.4, -0.2) is 25.4 Å². The summed E-state index contributed by atoms with van der Waals surface area (Å²) in [7, 11) is -2.29. The third-order valence-corrected chi connectivity index (χ3v) is 3.57. The maximum absolute atomic E-state index is 12.7. The minimum Gasteiger partial charge on any atom is -0.386 e. The number of sulfonamides is 1. The maximum Gasteiger partial charge on any atom is 0.282 e. The van der Waals surface area contributed by atoms with E-state index in [0.717, 1.165) is 12.3 Å². The molecule has 0 bridgehead atoms. The van der Waals surface area contributed by atoms with Gasteiger partial charge in [0, 0.05) is 13.2 Å². The summed E-state index contributed by atoms with van der Waals surface area (Å²) in [5.41, 5.74) is 0.358. The minimum absolute atomic E-state index is 0.0223. The van der Waals surface area contributed by atoms with E-state index in [1.165, 1.54) is 12.3 Å². The molecule has 0 saturated heterocycles. The Morgan fingerprint density at radius 2 is 2.00 bits per heavy atom. The fourth-order valence-corrected chi connectivity index (χ4v) is 2.57. The molecule has 0 amide bonds. The number of rotatable bonds is 4. The van der Waals surface area contributed by atoms with Crippen molar-refractivity contribution >= 4 is 21.5 Å². The Morgan fingerprint density at radius 1 is 1.21 bits per heavy atom. The van der Waals surface area contributed by atoms with Gasteiger partial charge in [0.15, 0.2) is 5.03 Å². The second kappa shape index (κ2) is 5.19. The van der Waals surface area contributed by atoms with Crippen molar-refractivity contribution in [1.29, 1.82) is 0 Å². The maximum atomic E-state index is 12.7. The highest BCUT2D eigenvalue weighted by atomic mass is 32.2. The summed E-state index contributed by atoms with van der Waals surface area (Å²) in [5, 5.41) is 2.59. The first-order chi connectivity index (χ1) is 9.03. The molecule has 2 aromatic heterocycles. The van der Waals surface area contributed by atoms with Crippen molar-refractivity contribution in [3.8, 4) is 0 Å². The third kappa shape index (κ3) is 2.97. The van der Waals surface area contributed by atoms with Gasteiger partial charge in [-0.25, -0.2) is 14.4 Å². The van der Waals surface area contributed by atoms with Crippen LogP contribution in [0, 0.1) is 5.82 Å². The number of nitrogens with one attached hydrogen (secondary N) is 2. The number of nitrogens with zero attached hydrogens (tertiary/aromatic N) is 2. The minimum atomic E-state index is -3.88. The number of pyridine rings is 2. The Balaban J connectivity index is 2.35. The molecule has 2 heterocycles. The van der Waals surface area contributed by atoms with Gasteiger partial charge < -0.3 is 5.32 Å². The molecule has 0 fully saturated rings. The van der Waals surface area contributed by atoms with Crippen LogP contribution in [0.5, 0.6) is 0 Å². The van der Waals surface area contributed by atoms with E-state index in [1.807, 2.05) is 0 Å². The van der Waals surface area contributed by atoms with Crippen molar-refractivity contribution in [1.82, 2.24) is 9.97 Å². The molecule has 6 nitrogen and oxygen atoms in total. The number of hydrogen-bond acceptors (Lipinski definition) is 5. The summed E-state index contributed by atoms with van der Waals surface area (Å²) in [6.45, 7) is 0. The Hall–Kier alpha value is -2.22. The Kier molecular flexibility index (Phi) is 3.61. The molecule has 19 heavy (non-hydrogen) atoms. The van der Waals surface area contributed by atoms with Gasteiger partial charge in [-0.15, -0.1) is 0 Å². The highest BCUT2D eigenvalue weighted by Crippen LogP contribution is 2.19. The average molecular weight is 282 g/mol. The van der Waals surface area contributed by atoms with Crippen molar-refractivity contribution in [3.05, 3.63) is 42.5 Å². The molecule has 0 atom stereocenters. The molecule has 0 aromatic carbocycles. The van der Waals surface area contributed by atoms with Crippen LogP contribution in [0.2, 0.25) is 0 Å². The predicted molar refractivity (Wildman–Crippen MR) is 68.8 cm³/mol. The Labute approximate surface area is 109 Å². The van der Waals surface area contributed by atoms with Gasteiger partial charge in [-0.1, -0.05) is 0 Å². The van der Waals surface area contributed by atoms with Crippen LogP contribution in [0.1, 0.15) is 0 Å². The van der Waals surface area contributed by atoms with Crippen molar-refractivity contribution in [3.63, 3.8) is 0 Å². The largest absolute Gasteiger partial charge is 0.386 e. The van der Waals surface area contributed by atoms with E-state index in [2.05, 4.69) is 20.0 Å². The van der Waals surface area contributed by atoms with Crippen LogP contribution in [-0.2, 0) is 10.0 Å². The van der Waals surface area contributed by atoms with Crippen molar-refractivity contribution in [2.24, 2.45) is 0 Å². The first kappa shape index (κ1) is 13.2. The third-order valence-electron chi connectivity index (χ3n) is 2.26. The lowest BCUT2D eigenvalue weighted by Crippen LogP contribution is -2.17. The molecule has 100 valence electrons. The number of aromatic nitrogens is 2. The molecule has 2 rings (SSSR count). The molecule has 8 heteroatoms. The molecular weight excluding hydrogens is 271 g/mol. The van der Waals surface area contributed by atoms with E-state index in [-0.39, 0.29) is 10.8 Å². The van der Waals surface area contributed by atoms with E-state index in [9.17, 15) is 12.8 Å². The lowest BCUT2D eigenvalue weighted by molar-refractivity contribution is 0.597. The van der Waals surface area contributed by atoms with Crippen molar-refractivity contribution < 1.29 is 12.8 Å². The zero-order valence-corrected chi connectivity index (χ0v) is 10.8. The highest BCUT2D eigenvalue weighted by molar-refractivity contribution is 7.92. The number of hydrogen-bond donors (Lipinski definition) is 2. The molecule has 0 saturated carbocycles. The van der Waals surface area contributed by atoms with Crippen molar-refractivity contribution in [2.75, 3.05) is 17.1 Å². The number of halogens is 1. The molecular formula is C11H11FN4O2S. The van der Waals surface area contributed by atoms with Crippen LogP contribution in [0.3, 0.4) is 0 Å². The molecule has 0 aliphatic carbocycles. The van der Waals surface area contributed by atoms with Crippen LogP contribution in [0.15, 0.2) is 41.7 Å². The van der Waals surface area contributed by atoms with Crippen LogP contribution in [0.25, 0.3) is 0 Å². The fourth-order valence-electron chi connectivity index (χ4n) is 1.42. The lowest BCUT2D eigenvalue weighted by Gasteiger charge is -2.10. The number of anilines is 2. The predicted octanol–water partition coefficient (Wildman–Crippen LogP) is 1.46. The average Bonchev–Trinajstić information content (AvgIpc) is 2.41. The topological polar surface area (TPSA) is 84.0 Å². The van der Waals surface area contributed by atoms with E-state index in [4.69, 9.17) is 0 Å². The molecule has 0 unspecified atom stereocenters. The summed E-state index contributed by atoms with van der Waals surface area (Å²) in [5.74, 6) is -0.522. The normalized spacial score (nSPS) is 11.1. The quantitative estimate of drug-likeness (QED) is 0.887. The smallest absolute Gasteiger partial charge is 0.282 e. The van der Waals surface area contributed by atoms with E-state index >= 15 is 0 Å². The zero-order chi connectivity index (χ0) is 13.9. The van der Waals surface area contributed by atoms with Gasteiger partial charge in [-0.3, -0.25) is 4.72 Å². The zero-order valence-electron chi connectivity index (χ0n) is 9.96. The summed E-state index contributed by atoms with van der Waals surface area (Å²) >= 11 is 0. The molecule has 2 aromatic rings. The highest BCUT2D eigenvalue weighted by Gasteiger charge is 2.20. The van der Waals surface area contributed by atoms with Gasteiger partial charge in [0.05, 0.1) is 11.9 Å². The van der Waals surface area contributed by atoms with E-state index < -0.39 is 15.8 Å². The van der Waals surface area contributed by atoms with E-state index in [0.29, 0.717) is 5.69 Å². The van der Waals surface area contributed by atoms with Gasteiger partial charge in [-0.2, -0.15) is 8.42 Å². The second-order valence-electron chi connectivity index (χ2n) is 3.57.